The van der Waals surface area contributed by atoms with Crippen LogP contribution in [0.4, 0.5) is 11.4 Å². The number of benzene rings is 3. The van der Waals surface area contributed by atoms with Crippen molar-refractivity contribution in [1.82, 2.24) is 0 Å². The van der Waals surface area contributed by atoms with Gasteiger partial charge in [0.1, 0.15) is 17.4 Å². The fourth-order valence-corrected chi connectivity index (χ4v) is 4.45. The molecular formula is C24H15Br2Cl2N3O3. The van der Waals surface area contributed by atoms with Gasteiger partial charge in [-0.05, 0) is 70.5 Å². The molecule has 0 spiro atoms. The number of para-hydroxylation sites is 1. The van der Waals surface area contributed by atoms with Gasteiger partial charge in [0.2, 0.25) is 0 Å². The fourth-order valence-electron chi connectivity index (χ4n) is 2.76. The average molecular weight is 624 g/mol. The van der Waals surface area contributed by atoms with Gasteiger partial charge >= 0.3 is 0 Å². The number of hydrogen-bond donors (Lipinski definition) is 2. The van der Waals surface area contributed by atoms with Gasteiger partial charge in [-0.25, -0.2) is 0 Å². The summed E-state index contributed by atoms with van der Waals surface area (Å²) in [6.07, 6.45) is 1.37. The van der Waals surface area contributed by atoms with E-state index in [1.54, 1.807) is 60.7 Å². The molecule has 0 aromatic heterocycles. The SMILES string of the molecule is N#C/C(=C\c1cc(Br)cc(Br)c1OCC(=O)Nc1ccc(Cl)cc1)C(=O)Nc1ccccc1Cl. The van der Waals surface area contributed by atoms with Crippen molar-refractivity contribution in [2.45, 2.75) is 0 Å². The first-order chi connectivity index (χ1) is 16.3. The summed E-state index contributed by atoms with van der Waals surface area (Å²) in [6.45, 7) is -0.308. The first-order valence-electron chi connectivity index (χ1n) is 9.61. The Kier molecular flexibility index (Phi) is 9.13. The summed E-state index contributed by atoms with van der Waals surface area (Å²) in [6, 6.07) is 18.6. The normalized spacial score (nSPS) is 10.9. The Labute approximate surface area is 222 Å². The number of carbonyl (C=O) groups is 2. The van der Waals surface area contributed by atoms with Crippen molar-refractivity contribution in [2.24, 2.45) is 0 Å². The number of nitrogens with one attached hydrogen (secondary N) is 2. The number of carbonyl (C=O) groups excluding carboxylic acids is 2. The minimum Gasteiger partial charge on any atom is -0.482 e. The second-order valence-corrected chi connectivity index (χ2v) is 9.37. The number of nitriles is 1. The first kappa shape index (κ1) is 25.8. The van der Waals surface area contributed by atoms with Crippen LogP contribution in [0.1, 0.15) is 5.56 Å². The third-order valence-corrected chi connectivity index (χ3v) is 5.93. The number of halogens is 4. The topological polar surface area (TPSA) is 91.2 Å². The van der Waals surface area contributed by atoms with Gasteiger partial charge in [-0.2, -0.15) is 5.26 Å². The van der Waals surface area contributed by atoms with E-state index in [1.165, 1.54) is 6.08 Å². The van der Waals surface area contributed by atoms with Gasteiger partial charge in [-0.15, -0.1) is 0 Å². The van der Waals surface area contributed by atoms with Crippen LogP contribution in [0.15, 0.2) is 75.2 Å². The standard InChI is InChI=1S/C24H15Br2Cl2N3O3/c25-16-10-14(9-15(12-29)24(33)31-21-4-2-1-3-20(21)28)23(19(26)11-16)34-13-22(32)30-18-7-5-17(27)6-8-18/h1-11H,13H2,(H,30,32)(H,31,33)/b15-9+. The monoisotopic (exact) mass is 621 g/mol. The van der Waals surface area contributed by atoms with Crippen molar-refractivity contribution in [3.63, 3.8) is 0 Å². The summed E-state index contributed by atoms with van der Waals surface area (Å²) in [5, 5.41) is 15.8. The van der Waals surface area contributed by atoms with E-state index in [4.69, 9.17) is 27.9 Å². The Morgan fingerprint density at radius 3 is 2.41 bits per heavy atom. The smallest absolute Gasteiger partial charge is 0.266 e. The van der Waals surface area contributed by atoms with E-state index in [9.17, 15) is 14.9 Å². The molecule has 3 aromatic rings. The van der Waals surface area contributed by atoms with Gasteiger partial charge in [0, 0.05) is 20.7 Å². The van der Waals surface area contributed by atoms with E-state index in [2.05, 4.69) is 42.5 Å². The van der Waals surface area contributed by atoms with Crippen LogP contribution >= 0.6 is 55.1 Å². The molecule has 0 atom stereocenters. The number of ether oxygens (including phenoxy) is 1. The van der Waals surface area contributed by atoms with Gasteiger partial charge in [-0.3, -0.25) is 9.59 Å². The minimum absolute atomic E-state index is 0.180. The third kappa shape index (κ3) is 7.08. The van der Waals surface area contributed by atoms with Crippen molar-refractivity contribution >= 4 is 84.3 Å². The van der Waals surface area contributed by atoms with Crippen LogP contribution in [-0.2, 0) is 9.59 Å². The zero-order valence-corrected chi connectivity index (χ0v) is 21.9. The van der Waals surface area contributed by atoms with Crippen LogP contribution < -0.4 is 15.4 Å². The summed E-state index contributed by atoms with van der Waals surface area (Å²) in [7, 11) is 0. The van der Waals surface area contributed by atoms with Gasteiger partial charge in [-0.1, -0.05) is 51.3 Å². The summed E-state index contributed by atoms with van der Waals surface area (Å²) in [4.78, 5) is 25.0. The van der Waals surface area contributed by atoms with E-state index < -0.39 is 11.8 Å². The Morgan fingerprint density at radius 1 is 1.03 bits per heavy atom. The van der Waals surface area contributed by atoms with Gasteiger partial charge in [0.05, 0.1) is 15.2 Å². The first-order valence-corrected chi connectivity index (χ1v) is 12.0. The van der Waals surface area contributed by atoms with Crippen molar-refractivity contribution in [3.05, 3.63) is 90.8 Å². The summed E-state index contributed by atoms with van der Waals surface area (Å²) in [5.74, 6) is -0.755. The molecule has 2 amide bonds. The van der Waals surface area contributed by atoms with Crippen molar-refractivity contribution in [1.29, 1.82) is 5.26 Å². The molecule has 0 radical (unpaired) electrons. The number of anilines is 2. The highest BCUT2D eigenvalue weighted by molar-refractivity contribution is 9.11. The molecule has 0 saturated heterocycles. The molecule has 3 aromatic carbocycles. The molecular weight excluding hydrogens is 609 g/mol. The molecule has 34 heavy (non-hydrogen) atoms. The van der Waals surface area contributed by atoms with Crippen LogP contribution in [0.2, 0.25) is 10.0 Å². The van der Waals surface area contributed by atoms with Crippen LogP contribution in [0.25, 0.3) is 6.08 Å². The third-order valence-electron chi connectivity index (χ3n) is 4.30. The Hall–Kier alpha value is -2.83. The molecule has 6 nitrogen and oxygen atoms in total. The lowest BCUT2D eigenvalue weighted by molar-refractivity contribution is -0.118. The zero-order valence-electron chi connectivity index (χ0n) is 17.2. The number of hydrogen-bond acceptors (Lipinski definition) is 4. The van der Waals surface area contributed by atoms with Gasteiger partial charge in [0.25, 0.3) is 11.8 Å². The molecule has 0 unspecified atom stereocenters. The summed E-state index contributed by atoms with van der Waals surface area (Å²) in [5.41, 5.74) is 1.17. The van der Waals surface area contributed by atoms with Crippen molar-refractivity contribution < 1.29 is 14.3 Å². The second-order valence-electron chi connectivity index (χ2n) is 6.75. The van der Waals surface area contributed by atoms with Crippen molar-refractivity contribution in [3.8, 4) is 11.8 Å². The number of amides is 2. The van der Waals surface area contributed by atoms with Crippen LogP contribution in [0.3, 0.4) is 0 Å². The second kappa shape index (κ2) is 12.0. The van der Waals surface area contributed by atoms with E-state index in [1.807, 2.05) is 6.07 Å². The molecule has 0 aliphatic heterocycles. The van der Waals surface area contributed by atoms with Gasteiger partial charge in [0.15, 0.2) is 6.61 Å². The van der Waals surface area contributed by atoms with Crippen LogP contribution in [0, 0.1) is 11.3 Å². The maximum Gasteiger partial charge on any atom is 0.266 e. The highest BCUT2D eigenvalue weighted by atomic mass is 79.9. The predicted molar refractivity (Wildman–Crippen MR) is 141 cm³/mol. The lowest BCUT2D eigenvalue weighted by atomic mass is 10.1. The Morgan fingerprint density at radius 2 is 1.74 bits per heavy atom. The maximum atomic E-state index is 12.7. The molecule has 0 aliphatic carbocycles. The molecule has 0 bridgehead atoms. The largest absolute Gasteiger partial charge is 0.482 e. The lowest BCUT2D eigenvalue weighted by Gasteiger charge is -2.13. The highest BCUT2D eigenvalue weighted by Gasteiger charge is 2.16. The predicted octanol–water partition coefficient (Wildman–Crippen LogP) is 7.08. The molecule has 10 heteroatoms. The maximum absolute atomic E-state index is 12.7. The molecule has 0 heterocycles. The minimum atomic E-state index is -0.641. The zero-order chi connectivity index (χ0) is 24.7. The molecule has 2 N–H and O–H groups in total. The quantitative estimate of drug-likeness (QED) is 0.217. The lowest BCUT2D eigenvalue weighted by Crippen LogP contribution is -2.20. The van der Waals surface area contributed by atoms with E-state index in [0.717, 1.165) is 0 Å². The summed E-state index contributed by atoms with van der Waals surface area (Å²) < 4.78 is 6.93. The van der Waals surface area contributed by atoms with Crippen molar-refractivity contribution in [2.75, 3.05) is 17.2 Å². The molecule has 172 valence electrons. The highest BCUT2D eigenvalue weighted by Crippen LogP contribution is 2.34. The average Bonchev–Trinajstić information content (AvgIpc) is 2.79. The van der Waals surface area contributed by atoms with E-state index in [0.29, 0.717) is 35.9 Å². The summed E-state index contributed by atoms with van der Waals surface area (Å²) >= 11 is 18.7. The fraction of sp³-hybridized carbons (Fsp3) is 0.0417. The number of rotatable bonds is 7. The molecule has 3 rings (SSSR count). The van der Waals surface area contributed by atoms with E-state index in [-0.39, 0.29) is 17.9 Å². The number of nitrogens with zero attached hydrogens (tertiary/aromatic N) is 1. The van der Waals surface area contributed by atoms with E-state index >= 15 is 0 Å². The van der Waals surface area contributed by atoms with Crippen LogP contribution in [0.5, 0.6) is 5.75 Å². The Bertz CT molecular complexity index is 1310. The van der Waals surface area contributed by atoms with Gasteiger partial charge < -0.3 is 15.4 Å². The Balaban J connectivity index is 1.80. The molecule has 0 fully saturated rings. The molecule has 0 saturated carbocycles. The molecule has 0 aliphatic rings. The van der Waals surface area contributed by atoms with Crippen LogP contribution in [-0.4, -0.2) is 18.4 Å².